The Morgan fingerprint density at radius 2 is 1.79 bits per heavy atom. The first-order valence-corrected chi connectivity index (χ1v) is 12.0. The van der Waals surface area contributed by atoms with E-state index in [0.717, 1.165) is 12.1 Å². The van der Waals surface area contributed by atoms with Crippen molar-refractivity contribution in [3.05, 3.63) is 76.6 Å². The molecule has 2 heterocycles. The molecular weight excluding hydrogens is 471 g/mol. The van der Waals surface area contributed by atoms with Crippen LogP contribution >= 0.6 is 0 Å². The van der Waals surface area contributed by atoms with Crippen LogP contribution in [0.2, 0.25) is 0 Å². The fraction of sp³-hybridized carbons (Fsp3) is 0.261. The molecule has 178 valence electrons. The molecule has 0 bridgehead atoms. The number of nitrogens with one attached hydrogen (secondary N) is 1. The predicted octanol–water partition coefficient (Wildman–Crippen LogP) is 3.73. The molecule has 1 aliphatic heterocycles. The van der Waals surface area contributed by atoms with Gasteiger partial charge in [0, 0.05) is 0 Å². The van der Waals surface area contributed by atoms with Crippen molar-refractivity contribution in [2.75, 3.05) is 5.75 Å². The summed E-state index contributed by atoms with van der Waals surface area (Å²) >= 11 is 0. The summed E-state index contributed by atoms with van der Waals surface area (Å²) in [4.78, 5) is 25.9. The number of hydrogen-bond acceptors (Lipinski definition) is 5. The summed E-state index contributed by atoms with van der Waals surface area (Å²) in [6.45, 7) is 2.98. The van der Waals surface area contributed by atoms with Crippen molar-refractivity contribution in [2.24, 2.45) is 0 Å². The van der Waals surface area contributed by atoms with E-state index in [1.54, 1.807) is 18.2 Å². The average molecular weight is 491 g/mol. The zero-order valence-electron chi connectivity index (χ0n) is 18.2. The summed E-state index contributed by atoms with van der Waals surface area (Å²) in [7, 11) is -3.47. The summed E-state index contributed by atoms with van der Waals surface area (Å²) in [5.74, 6) is -2.03. The minimum atomic E-state index is -4.55. The highest BCUT2D eigenvalue weighted by Gasteiger charge is 2.34. The van der Waals surface area contributed by atoms with E-state index in [0.29, 0.717) is 5.56 Å². The van der Waals surface area contributed by atoms with E-state index in [-0.39, 0.29) is 39.7 Å². The van der Waals surface area contributed by atoms with E-state index < -0.39 is 39.3 Å². The normalized spacial score (nSPS) is 17.1. The first kappa shape index (κ1) is 23.7. The SMILES string of the molecule is Cc1nn(-c2cccc(C(F)(F)F)c2)c(C)c1C(=O)C(=O)NC1CCS(=O)(=O)c2ccccc21. The van der Waals surface area contributed by atoms with Gasteiger partial charge in [0.05, 0.1) is 44.9 Å². The van der Waals surface area contributed by atoms with Crippen molar-refractivity contribution in [3.8, 4) is 5.69 Å². The maximum atomic E-state index is 13.1. The molecule has 1 aromatic heterocycles. The van der Waals surface area contributed by atoms with E-state index >= 15 is 0 Å². The van der Waals surface area contributed by atoms with Crippen LogP contribution in [0.25, 0.3) is 5.69 Å². The van der Waals surface area contributed by atoms with E-state index in [4.69, 9.17) is 0 Å². The van der Waals surface area contributed by atoms with Crippen LogP contribution in [-0.2, 0) is 20.8 Å². The van der Waals surface area contributed by atoms with Crippen LogP contribution in [0.1, 0.15) is 45.3 Å². The van der Waals surface area contributed by atoms with Gasteiger partial charge in [-0.25, -0.2) is 13.1 Å². The van der Waals surface area contributed by atoms with Gasteiger partial charge in [0.25, 0.3) is 11.7 Å². The Hall–Kier alpha value is -3.47. The Morgan fingerprint density at radius 3 is 2.50 bits per heavy atom. The Bertz CT molecular complexity index is 1410. The minimum Gasteiger partial charge on any atom is -0.342 e. The molecule has 1 aliphatic rings. The van der Waals surface area contributed by atoms with Gasteiger partial charge in [0.15, 0.2) is 9.84 Å². The molecule has 1 N–H and O–H groups in total. The maximum Gasteiger partial charge on any atom is 0.416 e. The number of ketones is 1. The second-order valence-electron chi connectivity index (χ2n) is 8.01. The number of halogens is 3. The lowest BCUT2D eigenvalue weighted by Crippen LogP contribution is -2.38. The zero-order chi connectivity index (χ0) is 24.8. The molecule has 1 unspecified atom stereocenters. The summed E-state index contributed by atoms with van der Waals surface area (Å²) in [6.07, 6.45) is -4.44. The van der Waals surface area contributed by atoms with Crippen LogP contribution in [0.3, 0.4) is 0 Å². The highest BCUT2D eigenvalue weighted by molar-refractivity contribution is 7.91. The molecule has 4 rings (SSSR count). The molecule has 3 aromatic rings. The molecule has 2 aromatic carbocycles. The molecule has 1 amide bonds. The fourth-order valence-electron chi connectivity index (χ4n) is 4.11. The van der Waals surface area contributed by atoms with Crippen molar-refractivity contribution in [1.29, 1.82) is 0 Å². The van der Waals surface area contributed by atoms with E-state index in [1.807, 2.05) is 0 Å². The standard InChI is InChI=1S/C23H20F3N3O4S/c1-13-20(14(2)29(28-13)16-7-5-6-15(12-16)23(24,25)26)21(30)22(31)27-18-10-11-34(32,33)19-9-4-3-8-17(18)19/h3-9,12,18H,10-11H2,1-2H3,(H,27,31). The van der Waals surface area contributed by atoms with Crippen LogP contribution in [0.4, 0.5) is 13.2 Å². The Labute approximate surface area is 193 Å². The highest BCUT2D eigenvalue weighted by Crippen LogP contribution is 2.33. The van der Waals surface area contributed by atoms with Gasteiger partial charge in [-0.3, -0.25) is 9.59 Å². The average Bonchev–Trinajstić information content (AvgIpc) is 3.08. The number of aryl methyl sites for hydroxylation is 1. The molecule has 1 atom stereocenters. The molecule has 0 aliphatic carbocycles. The van der Waals surface area contributed by atoms with Crippen molar-refractivity contribution >= 4 is 21.5 Å². The van der Waals surface area contributed by atoms with Crippen LogP contribution in [0.5, 0.6) is 0 Å². The number of rotatable bonds is 4. The van der Waals surface area contributed by atoms with Crippen molar-refractivity contribution in [3.63, 3.8) is 0 Å². The Kier molecular flexibility index (Phi) is 5.84. The van der Waals surface area contributed by atoms with E-state index in [2.05, 4.69) is 10.4 Å². The van der Waals surface area contributed by atoms with Crippen molar-refractivity contribution < 1.29 is 31.2 Å². The molecule has 0 saturated heterocycles. The maximum absolute atomic E-state index is 13.1. The van der Waals surface area contributed by atoms with Gasteiger partial charge in [-0.1, -0.05) is 24.3 Å². The van der Waals surface area contributed by atoms with Crippen molar-refractivity contribution in [1.82, 2.24) is 15.1 Å². The first-order valence-electron chi connectivity index (χ1n) is 10.3. The second-order valence-corrected chi connectivity index (χ2v) is 10.1. The molecule has 0 fully saturated rings. The smallest absolute Gasteiger partial charge is 0.342 e. The lowest BCUT2D eigenvalue weighted by atomic mass is 10.0. The highest BCUT2D eigenvalue weighted by atomic mass is 32.2. The van der Waals surface area contributed by atoms with Gasteiger partial charge in [-0.05, 0) is 50.1 Å². The number of fused-ring (bicyclic) bond motifs is 1. The summed E-state index contributed by atoms with van der Waals surface area (Å²) in [6, 6.07) is 10.1. The molecular formula is C23H20F3N3O4S. The summed E-state index contributed by atoms with van der Waals surface area (Å²) in [5.41, 5.74) is 0.00954. The van der Waals surface area contributed by atoms with Crippen LogP contribution in [0.15, 0.2) is 53.4 Å². The predicted molar refractivity (Wildman–Crippen MR) is 116 cm³/mol. The van der Waals surface area contributed by atoms with Crippen molar-refractivity contribution in [2.45, 2.75) is 37.4 Å². The number of carbonyl (C=O) groups excluding carboxylic acids is 2. The Balaban J connectivity index is 1.63. The summed E-state index contributed by atoms with van der Waals surface area (Å²) in [5, 5.41) is 6.78. The van der Waals surface area contributed by atoms with Gasteiger partial charge >= 0.3 is 6.18 Å². The number of carbonyl (C=O) groups is 2. The molecule has 0 spiro atoms. The summed E-state index contributed by atoms with van der Waals surface area (Å²) < 4.78 is 65.1. The number of nitrogens with zero attached hydrogens (tertiary/aromatic N) is 2. The number of alkyl halides is 3. The minimum absolute atomic E-state index is 0.0216. The van der Waals surface area contributed by atoms with Gasteiger partial charge in [-0.2, -0.15) is 18.3 Å². The lowest BCUT2D eigenvalue weighted by molar-refractivity contribution is -0.137. The molecule has 11 heteroatoms. The van der Waals surface area contributed by atoms with E-state index in [1.165, 1.54) is 36.7 Å². The molecule has 34 heavy (non-hydrogen) atoms. The van der Waals surface area contributed by atoms with E-state index in [9.17, 15) is 31.2 Å². The number of benzene rings is 2. The molecule has 0 saturated carbocycles. The third-order valence-corrected chi connectivity index (χ3v) is 7.57. The zero-order valence-corrected chi connectivity index (χ0v) is 19.0. The van der Waals surface area contributed by atoms with Gasteiger partial charge in [0.1, 0.15) is 0 Å². The topological polar surface area (TPSA) is 98.1 Å². The third-order valence-electron chi connectivity index (χ3n) is 5.75. The number of amides is 1. The monoisotopic (exact) mass is 491 g/mol. The number of Topliss-reactive ketones (excluding diaryl/α,β-unsaturated/α-hetero) is 1. The largest absolute Gasteiger partial charge is 0.416 e. The first-order chi connectivity index (χ1) is 15.9. The Morgan fingerprint density at radius 1 is 1.09 bits per heavy atom. The third kappa shape index (κ3) is 4.23. The quantitative estimate of drug-likeness (QED) is 0.443. The molecule has 7 nitrogen and oxygen atoms in total. The van der Waals surface area contributed by atoms with Crippen LogP contribution in [-0.4, -0.2) is 35.6 Å². The number of sulfone groups is 1. The molecule has 0 radical (unpaired) electrons. The number of hydrogen-bond donors (Lipinski definition) is 1. The van der Waals surface area contributed by atoms with Crippen LogP contribution < -0.4 is 5.32 Å². The van der Waals surface area contributed by atoms with Gasteiger partial charge in [-0.15, -0.1) is 0 Å². The van der Waals surface area contributed by atoms with Gasteiger partial charge in [0.2, 0.25) is 0 Å². The van der Waals surface area contributed by atoms with Gasteiger partial charge < -0.3 is 5.32 Å². The number of aromatic nitrogens is 2. The van der Waals surface area contributed by atoms with Crippen LogP contribution in [0, 0.1) is 13.8 Å². The fourth-order valence-corrected chi connectivity index (χ4v) is 5.74. The second kappa shape index (κ2) is 8.39. The lowest BCUT2D eigenvalue weighted by Gasteiger charge is -2.26.